The van der Waals surface area contributed by atoms with Gasteiger partial charge in [0.1, 0.15) is 11.5 Å². The number of hydrogen-bond acceptors (Lipinski definition) is 5. The molecular weight excluding hydrogens is 400 g/mol. The number of hydrogen-bond donors (Lipinski definition) is 2. The van der Waals surface area contributed by atoms with Gasteiger partial charge >= 0.3 is 5.97 Å². The molecule has 1 aliphatic rings. The topological polar surface area (TPSA) is 91.9 Å². The van der Waals surface area contributed by atoms with Crippen molar-refractivity contribution in [1.82, 2.24) is 5.32 Å². The summed E-state index contributed by atoms with van der Waals surface area (Å²) in [6, 6.07) is 16.2. The standard InChI is InChI=1S/C23H18N2O4S/c1-13-4-3-5-16(10-13)24-23-25-21(26)20(30-23)12-17-7-9-19(29-17)18-8-6-15(22(27)28)11-14(18)2/h3-12H,1-2H3,(H,27,28)(H,24,25,26)/b20-12-. The van der Waals surface area contributed by atoms with Crippen LogP contribution in [-0.2, 0) is 4.79 Å². The predicted molar refractivity (Wildman–Crippen MR) is 118 cm³/mol. The van der Waals surface area contributed by atoms with Crippen molar-refractivity contribution < 1.29 is 19.1 Å². The molecule has 0 bridgehead atoms. The van der Waals surface area contributed by atoms with Crippen molar-refractivity contribution in [3.05, 3.63) is 82.0 Å². The zero-order chi connectivity index (χ0) is 21.3. The van der Waals surface area contributed by atoms with Crippen LogP contribution < -0.4 is 5.32 Å². The summed E-state index contributed by atoms with van der Waals surface area (Å²) >= 11 is 1.25. The number of aromatic carboxylic acids is 1. The number of nitrogens with one attached hydrogen (secondary N) is 1. The molecule has 1 fully saturated rings. The summed E-state index contributed by atoms with van der Waals surface area (Å²) in [6.45, 7) is 3.82. The minimum absolute atomic E-state index is 0.226. The van der Waals surface area contributed by atoms with Gasteiger partial charge in [-0.05, 0) is 73.1 Å². The smallest absolute Gasteiger partial charge is 0.335 e. The minimum atomic E-state index is -0.970. The number of amidine groups is 1. The van der Waals surface area contributed by atoms with E-state index < -0.39 is 5.97 Å². The van der Waals surface area contributed by atoms with E-state index in [1.807, 2.05) is 38.1 Å². The predicted octanol–water partition coefficient (Wildman–Crippen LogP) is 5.15. The van der Waals surface area contributed by atoms with Crippen LogP contribution in [0.1, 0.15) is 27.2 Å². The molecule has 4 rings (SSSR count). The molecule has 1 aromatic heterocycles. The van der Waals surface area contributed by atoms with Crippen LogP contribution in [0.4, 0.5) is 5.69 Å². The van der Waals surface area contributed by atoms with E-state index in [9.17, 15) is 9.59 Å². The molecule has 0 aliphatic carbocycles. The highest BCUT2D eigenvalue weighted by atomic mass is 32.2. The molecule has 6 nitrogen and oxygen atoms in total. The first-order valence-corrected chi connectivity index (χ1v) is 10.0. The Morgan fingerprint density at radius 1 is 1.13 bits per heavy atom. The van der Waals surface area contributed by atoms with Crippen LogP contribution in [0.3, 0.4) is 0 Å². The number of amides is 1. The highest BCUT2D eigenvalue weighted by Crippen LogP contribution is 2.31. The van der Waals surface area contributed by atoms with Gasteiger partial charge in [-0.25, -0.2) is 9.79 Å². The Labute approximate surface area is 177 Å². The molecule has 1 saturated heterocycles. The lowest BCUT2D eigenvalue weighted by molar-refractivity contribution is -0.115. The van der Waals surface area contributed by atoms with E-state index in [-0.39, 0.29) is 11.5 Å². The van der Waals surface area contributed by atoms with E-state index in [2.05, 4.69) is 10.3 Å². The lowest BCUT2D eigenvalue weighted by atomic mass is 10.0. The first-order valence-electron chi connectivity index (χ1n) is 9.19. The summed E-state index contributed by atoms with van der Waals surface area (Å²) in [5, 5.41) is 12.4. The van der Waals surface area contributed by atoms with Crippen LogP contribution in [0.5, 0.6) is 0 Å². The number of aryl methyl sites for hydroxylation is 2. The molecule has 2 N–H and O–H groups in total. The van der Waals surface area contributed by atoms with Crippen molar-refractivity contribution >= 4 is 40.6 Å². The Kier molecular flexibility index (Phi) is 5.29. The molecule has 3 aromatic rings. The average Bonchev–Trinajstić information content (AvgIpc) is 3.28. The van der Waals surface area contributed by atoms with E-state index in [1.54, 1.807) is 36.4 Å². The normalized spacial score (nSPS) is 16.3. The minimum Gasteiger partial charge on any atom is -0.478 e. The number of benzene rings is 2. The van der Waals surface area contributed by atoms with Gasteiger partial charge in [-0.3, -0.25) is 4.79 Å². The zero-order valence-corrected chi connectivity index (χ0v) is 17.1. The molecule has 2 heterocycles. The summed E-state index contributed by atoms with van der Waals surface area (Å²) in [4.78, 5) is 28.4. The highest BCUT2D eigenvalue weighted by Gasteiger charge is 2.24. The van der Waals surface area contributed by atoms with Crippen LogP contribution in [0, 0.1) is 13.8 Å². The fourth-order valence-electron chi connectivity index (χ4n) is 3.07. The summed E-state index contributed by atoms with van der Waals surface area (Å²) in [6.07, 6.45) is 1.67. The number of furan rings is 1. The Morgan fingerprint density at radius 3 is 2.70 bits per heavy atom. The molecule has 30 heavy (non-hydrogen) atoms. The highest BCUT2D eigenvalue weighted by molar-refractivity contribution is 8.18. The summed E-state index contributed by atoms with van der Waals surface area (Å²) in [5.41, 5.74) is 3.69. The third kappa shape index (κ3) is 4.21. The maximum atomic E-state index is 12.3. The molecule has 1 amide bonds. The van der Waals surface area contributed by atoms with Gasteiger partial charge in [0.15, 0.2) is 5.17 Å². The molecular formula is C23H18N2O4S. The maximum Gasteiger partial charge on any atom is 0.335 e. The zero-order valence-electron chi connectivity index (χ0n) is 16.3. The van der Waals surface area contributed by atoms with Crippen molar-refractivity contribution in [2.45, 2.75) is 13.8 Å². The third-order valence-electron chi connectivity index (χ3n) is 4.52. The second kappa shape index (κ2) is 8.04. The van der Waals surface area contributed by atoms with Crippen molar-refractivity contribution in [3.63, 3.8) is 0 Å². The Hall–Kier alpha value is -3.58. The molecule has 0 unspecified atom stereocenters. The Bertz CT molecular complexity index is 1220. The monoisotopic (exact) mass is 418 g/mol. The van der Waals surface area contributed by atoms with Crippen molar-refractivity contribution in [1.29, 1.82) is 0 Å². The number of carbonyl (C=O) groups is 2. The van der Waals surface area contributed by atoms with E-state index >= 15 is 0 Å². The van der Waals surface area contributed by atoms with Crippen molar-refractivity contribution in [2.75, 3.05) is 0 Å². The first kappa shape index (κ1) is 19.7. The number of thioether (sulfide) groups is 1. The lowest BCUT2D eigenvalue weighted by Crippen LogP contribution is -2.19. The number of nitrogens with zero attached hydrogens (tertiary/aromatic N) is 1. The molecule has 0 radical (unpaired) electrons. The van der Waals surface area contributed by atoms with Gasteiger partial charge in [-0.2, -0.15) is 0 Å². The number of carbonyl (C=O) groups excluding carboxylic acids is 1. The van der Waals surface area contributed by atoms with E-state index in [4.69, 9.17) is 9.52 Å². The second-order valence-corrected chi connectivity index (χ2v) is 7.89. The third-order valence-corrected chi connectivity index (χ3v) is 5.43. The van der Waals surface area contributed by atoms with Gasteiger partial charge in [0.25, 0.3) is 5.91 Å². The summed E-state index contributed by atoms with van der Waals surface area (Å²) in [5.74, 6) is -0.0669. The van der Waals surface area contributed by atoms with Crippen LogP contribution in [0.15, 0.2) is 68.9 Å². The van der Waals surface area contributed by atoms with Gasteiger partial charge in [0, 0.05) is 11.6 Å². The summed E-state index contributed by atoms with van der Waals surface area (Å²) in [7, 11) is 0. The molecule has 0 spiro atoms. The lowest BCUT2D eigenvalue weighted by Gasteiger charge is -2.04. The fraction of sp³-hybridized carbons (Fsp3) is 0.0870. The number of carboxylic acids is 1. The first-order chi connectivity index (χ1) is 14.4. The molecule has 150 valence electrons. The van der Waals surface area contributed by atoms with Gasteiger partial charge < -0.3 is 14.8 Å². The maximum absolute atomic E-state index is 12.3. The SMILES string of the molecule is Cc1cccc(N=C2NC(=O)/C(=C/c3ccc(-c4ccc(C(=O)O)cc4C)o3)S2)c1. The molecule has 0 saturated carbocycles. The molecule has 0 atom stereocenters. The van der Waals surface area contributed by atoms with Gasteiger partial charge in [0.2, 0.25) is 0 Å². The van der Waals surface area contributed by atoms with Gasteiger partial charge in [-0.1, -0.05) is 18.2 Å². The number of rotatable bonds is 4. The molecule has 7 heteroatoms. The van der Waals surface area contributed by atoms with E-state index in [0.29, 0.717) is 21.6 Å². The molecule has 2 aromatic carbocycles. The number of carboxylic acid groups (broad SMARTS) is 1. The largest absolute Gasteiger partial charge is 0.478 e. The number of aliphatic imine (C=N–C) groups is 1. The van der Waals surface area contributed by atoms with Crippen LogP contribution >= 0.6 is 11.8 Å². The average molecular weight is 418 g/mol. The van der Waals surface area contributed by atoms with Crippen LogP contribution in [0.2, 0.25) is 0 Å². The van der Waals surface area contributed by atoms with Crippen molar-refractivity contribution in [3.8, 4) is 11.3 Å². The molecule has 1 aliphatic heterocycles. The second-order valence-electron chi connectivity index (χ2n) is 6.86. The van der Waals surface area contributed by atoms with Crippen LogP contribution in [0.25, 0.3) is 17.4 Å². The van der Waals surface area contributed by atoms with Crippen molar-refractivity contribution in [2.24, 2.45) is 4.99 Å². The van der Waals surface area contributed by atoms with Gasteiger partial charge in [0.05, 0.1) is 16.2 Å². The van der Waals surface area contributed by atoms with E-state index in [1.165, 1.54) is 11.8 Å². The Balaban J connectivity index is 1.56. The van der Waals surface area contributed by atoms with Crippen LogP contribution in [-0.4, -0.2) is 22.2 Å². The fourth-order valence-corrected chi connectivity index (χ4v) is 3.89. The van der Waals surface area contributed by atoms with E-state index in [0.717, 1.165) is 22.4 Å². The Morgan fingerprint density at radius 2 is 1.97 bits per heavy atom. The van der Waals surface area contributed by atoms with Gasteiger partial charge in [-0.15, -0.1) is 0 Å². The quantitative estimate of drug-likeness (QED) is 0.572. The summed E-state index contributed by atoms with van der Waals surface area (Å²) < 4.78 is 5.87.